The average molecular weight is 687 g/mol. The first-order chi connectivity index (χ1) is 24.9. The zero-order chi connectivity index (χ0) is 34.8. The van der Waals surface area contributed by atoms with E-state index in [1.807, 2.05) is 72.4 Å². The van der Waals surface area contributed by atoms with Crippen LogP contribution in [-0.4, -0.2) is 81.6 Å². The summed E-state index contributed by atoms with van der Waals surface area (Å²) in [6, 6.07) is 30.7. The molecule has 0 atom stereocenters. The summed E-state index contributed by atoms with van der Waals surface area (Å²) in [7, 11) is 2.03. The highest BCUT2D eigenvalue weighted by molar-refractivity contribution is 6.01. The van der Waals surface area contributed by atoms with Crippen molar-refractivity contribution in [3.8, 4) is 23.0 Å². The van der Waals surface area contributed by atoms with E-state index in [-0.39, 0.29) is 0 Å². The summed E-state index contributed by atoms with van der Waals surface area (Å²) in [5, 5.41) is 15.4. The minimum atomic E-state index is -0.796. The maximum Gasteiger partial charge on any atom is 0.407 e. The number of nitrogens with zero attached hydrogens (tertiary/aromatic N) is 6. The molecular weight excluding hydrogens is 640 g/mol. The Morgan fingerprint density at radius 1 is 0.824 bits per heavy atom. The van der Waals surface area contributed by atoms with E-state index in [4.69, 9.17) is 19.6 Å². The predicted molar refractivity (Wildman–Crippen MR) is 198 cm³/mol. The normalized spacial score (nSPS) is 17.8. The van der Waals surface area contributed by atoms with Crippen molar-refractivity contribution in [2.75, 3.05) is 50.7 Å². The number of anilines is 1. The summed E-state index contributed by atoms with van der Waals surface area (Å²) < 4.78 is 14.5. The number of fused-ring (bicyclic) bond motifs is 1. The molecule has 264 valence electrons. The van der Waals surface area contributed by atoms with E-state index >= 15 is 0 Å². The Hall–Kier alpha value is -5.09. The van der Waals surface area contributed by atoms with E-state index in [1.54, 1.807) is 0 Å². The lowest BCUT2D eigenvalue weighted by atomic mass is 9.65. The van der Waals surface area contributed by atoms with Crippen LogP contribution >= 0.6 is 0 Å². The van der Waals surface area contributed by atoms with Crippen LogP contribution < -0.4 is 14.4 Å². The average Bonchev–Trinajstić information content (AvgIpc) is 3.49. The molecule has 1 saturated carbocycles. The largest absolute Gasteiger partial charge is 0.473 e. The zero-order valence-electron chi connectivity index (χ0n) is 29.3. The molecular formula is C41H46N6O4. The fourth-order valence-electron chi connectivity index (χ4n) is 8.23. The molecule has 1 aliphatic carbocycles. The molecule has 0 bridgehead atoms. The van der Waals surface area contributed by atoms with Gasteiger partial charge in [-0.3, -0.25) is 9.58 Å². The number of carboxylic acid groups (broad SMARTS) is 1. The lowest BCUT2D eigenvalue weighted by molar-refractivity contribution is 0.0687. The van der Waals surface area contributed by atoms with Gasteiger partial charge < -0.3 is 24.4 Å². The van der Waals surface area contributed by atoms with Crippen LogP contribution in [0.3, 0.4) is 0 Å². The van der Waals surface area contributed by atoms with Gasteiger partial charge in [-0.1, -0.05) is 72.8 Å². The first kappa shape index (κ1) is 33.1. The predicted octanol–water partition coefficient (Wildman–Crippen LogP) is 7.09. The lowest BCUT2D eigenvalue weighted by Crippen LogP contribution is -2.58. The second-order valence-corrected chi connectivity index (χ2v) is 14.6. The topological polar surface area (TPSA) is 96.2 Å². The van der Waals surface area contributed by atoms with Crippen LogP contribution in [0.5, 0.6) is 11.8 Å². The lowest BCUT2D eigenvalue weighted by Gasteiger charge is -2.55. The number of pyridine rings is 1. The summed E-state index contributed by atoms with van der Waals surface area (Å²) >= 11 is 0. The zero-order valence-corrected chi connectivity index (χ0v) is 29.3. The monoisotopic (exact) mass is 686 g/mol. The number of amides is 1. The van der Waals surface area contributed by atoms with Gasteiger partial charge in [0.2, 0.25) is 11.8 Å². The maximum absolute atomic E-state index is 11.3. The highest BCUT2D eigenvalue weighted by atomic mass is 16.5. The number of benzene rings is 3. The Balaban J connectivity index is 0.975. The number of carbonyl (C=O) groups is 1. The van der Waals surface area contributed by atoms with Crippen LogP contribution in [0.25, 0.3) is 22.2 Å². The van der Waals surface area contributed by atoms with Gasteiger partial charge in [0.1, 0.15) is 18.9 Å². The molecule has 10 heteroatoms. The minimum absolute atomic E-state index is 0.375. The summed E-state index contributed by atoms with van der Waals surface area (Å²) in [5.74, 6) is 1.71. The van der Waals surface area contributed by atoms with Crippen LogP contribution in [0, 0.1) is 11.3 Å². The Labute approximate surface area is 299 Å². The van der Waals surface area contributed by atoms with Gasteiger partial charge in [-0.05, 0) is 54.9 Å². The number of aromatic nitrogens is 3. The molecule has 2 aliphatic heterocycles. The third kappa shape index (κ3) is 7.10. The van der Waals surface area contributed by atoms with E-state index in [2.05, 4.69) is 40.1 Å². The molecule has 10 nitrogen and oxygen atoms in total. The molecule has 3 fully saturated rings. The van der Waals surface area contributed by atoms with Crippen LogP contribution in [-0.2, 0) is 20.3 Å². The Kier molecular flexibility index (Phi) is 9.25. The van der Waals surface area contributed by atoms with Gasteiger partial charge in [-0.2, -0.15) is 10.1 Å². The van der Waals surface area contributed by atoms with E-state index in [1.165, 1.54) is 36.3 Å². The van der Waals surface area contributed by atoms with Crippen LogP contribution in [0.15, 0.2) is 91.0 Å². The van der Waals surface area contributed by atoms with Crippen molar-refractivity contribution in [2.45, 2.75) is 38.9 Å². The number of rotatable bonds is 10. The molecule has 3 aromatic carbocycles. The van der Waals surface area contributed by atoms with Crippen molar-refractivity contribution in [1.82, 2.24) is 24.6 Å². The SMILES string of the molecule is Cn1nc(-c2ccc(OCc3ccccc3)nc2OCc2ccccc2)c2cccc(N3CC4(CCC(CN5CCN(C(=O)O)CC5)CC4)C3)c21. The molecule has 3 aliphatic rings. The summed E-state index contributed by atoms with van der Waals surface area (Å²) in [4.78, 5) is 22.7. The van der Waals surface area contributed by atoms with Gasteiger partial charge in [0.15, 0.2) is 0 Å². The third-order valence-electron chi connectivity index (χ3n) is 11.1. The number of para-hydroxylation sites is 1. The van der Waals surface area contributed by atoms with E-state index in [9.17, 15) is 9.90 Å². The molecule has 8 rings (SSSR count). The van der Waals surface area contributed by atoms with Crippen LogP contribution in [0.2, 0.25) is 0 Å². The minimum Gasteiger partial charge on any atom is -0.473 e. The van der Waals surface area contributed by atoms with Gasteiger partial charge in [0.05, 0.1) is 16.8 Å². The smallest absolute Gasteiger partial charge is 0.407 e. The van der Waals surface area contributed by atoms with Crippen LogP contribution in [0.1, 0.15) is 36.8 Å². The highest BCUT2D eigenvalue weighted by Gasteiger charge is 2.46. The Morgan fingerprint density at radius 3 is 2.16 bits per heavy atom. The number of hydrogen-bond donors (Lipinski definition) is 1. The van der Waals surface area contributed by atoms with Gasteiger partial charge >= 0.3 is 6.09 Å². The summed E-state index contributed by atoms with van der Waals surface area (Å²) in [6.07, 6.45) is 4.20. The molecule has 1 N–H and O–H groups in total. The van der Waals surface area contributed by atoms with Crippen molar-refractivity contribution in [1.29, 1.82) is 0 Å². The first-order valence-corrected chi connectivity index (χ1v) is 18.2. The molecule has 2 aromatic heterocycles. The van der Waals surface area contributed by atoms with Crippen molar-refractivity contribution >= 4 is 22.7 Å². The number of ether oxygens (including phenoxy) is 2. The molecule has 4 heterocycles. The van der Waals surface area contributed by atoms with Gasteiger partial charge in [0, 0.05) is 69.7 Å². The van der Waals surface area contributed by atoms with E-state index < -0.39 is 6.09 Å². The number of piperazine rings is 1. The van der Waals surface area contributed by atoms with E-state index in [0.29, 0.717) is 49.4 Å². The molecule has 51 heavy (non-hydrogen) atoms. The van der Waals surface area contributed by atoms with Crippen LogP contribution in [0.4, 0.5) is 10.5 Å². The van der Waals surface area contributed by atoms with E-state index in [0.717, 1.165) is 66.0 Å². The third-order valence-corrected chi connectivity index (χ3v) is 11.1. The molecule has 5 aromatic rings. The fraction of sp³-hybridized carbons (Fsp3) is 0.390. The highest BCUT2D eigenvalue weighted by Crippen LogP contribution is 2.49. The number of hydrogen-bond acceptors (Lipinski definition) is 7. The van der Waals surface area contributed by atoms with Gasteiger partial charge in [0.25, 0.3) is 0 Å². The number of aryl methyl sites for hydroxylation is 1. The fourth-order valence-corrected chi connectivity index (χ4v) is 8.23. The van der Waals surface area contributed by atoms with Crippen molar-refractivity contribution in [3.05, 3.63) is 102 Å². The molecule has 2 saturated heterocycles. The Bertz CT molecular complexity index is 1960. The van der Waals surface area contributed by atoms with Gasteiger partial charge in [-0.25, -0.2) is 4.79 Å². The van der Waals surface area contributed by atoms with Gasteiger partial charge in [-0.15, -0.1) is 0 Å². The summed E-state index contributed by atoms with van der Waals surface area (Å²) in [5.41, 5.74) is 6.54. The summed E-state index contributed by atoms with van der Waals surface area (Å²) in [6.45, 7) is 6.97. The second kappa shape index (κ2) is 14.3. The van der Waals surface area contributed by atoms with Crippen molar-refractivity contribution < 1.29 is 19.4 Å². The maximum atomic E-state index is 11.3. The Morgan fingerprint density at radius 2 is 1.49 bits per heavy atom. The molecule has 1 spiro atoms. The van der Waals surface area contributed by atoms with Crippen molar-refractivity contribution in [3.63, 3.8) is 0 Å². The second-order valence-electron chi connectivity index (χ2n) is 14.6. The molecule has 0 unspecified atom stereocenters. The molecule has 0 radical (unpaired) electrons. The molecule has 1 amide bonds. The quantitative estimate of drug-likeness (QED) is 0.167. The standard InChI is InChI=1S/C41H46N6O4/c1-44-38-33(13-8-14-35(38)47-28-41(29-47)19-17-30(18-20-41)25-45-21-23-46(24-22-45)40(48)49)37(43-44)34-15-16-36(50-26-31-9-4-2-5-10-31)42-39(34)51-27-32-11-6-3-7-12-32/h2-16,30H,17-29H2,1H3,(H,48,49). The first-order valence-electron chi connectivity index (χ1n) is 18.2. The van der Waals surface area contributed by atoms with Crippen molar-refractivity contribution in [2.24, 2.45) is 18.4 Å².